The second-order valence-electron chi connectivity index (χ2n) is 7.50. The van der Waals surface area contributed by atoms with Crippen molar-refractivity contribution in [2.45, 2.75) is 34.6 Å². The van der Waals surface area contributed by atoms with Gasteiger partial charge in [0.15, 0.2) is 5.78 Å². The fraction of sp³-hybridized carbons (Fsp3) is 0.611. The Morgan fingerprint density at radius 1 is 1.30 bits per heavy atom. The normalized spacial score (nSPS) is 21.6. The van der Waals surface area contributed by atoms with Crippen molar-refractivity contribution < 1.29 is 9.59 Å². The number of carbonyl (C=O) groups excluding carboxylic acids is 2. The first-order chi connectivity index (χ1) is 10.5. The van der Waals surface area contributed by atoms with E-state index in [1.54, 1.807) is 12.3 Å². The smallest absolute Gasteiger partial charge is 0.270 e. The Bertz CT molecular complexity index is 565. The lowest BCUT2D eigenvalue weighted by molar-refractivity contribution is -0.118. The molecule has 1 unspecified atom stereocenters. The summed E-state index contributed by atoms with van der Waals surface area (Å²) in [4.78, 5) is 30.7. The number of hydrogen-bond acceptors (Lipinski definition) is 4. The molecule has 1 N–H and O–H groups in total. The van der Waals surface area contributed by atoms with Crippen LogP contribution in [0.2, 0.25) is 0 Å². The van der Waals surface area contributed by atoms with Crippen LogP contribution < -0.4 is 5.32 Å². The molecule has 0 saturated heterocycles. The van der Waals surface area contributed by atoms with Crippen molar-refractivity contribution in [2.24, 2.45) is 15.8 Å². The molecule has 0 aromatic heterocycles. The van der Waals surface area contributed by atoms with Gasteiger partial charge in [0.1, 0.15) is 5.70 Å². The number of Topliss-reactive ketones (excluding diaryl/α,β-unsaturated/α-hetero) is 1. The second kappa shape index (κ2) is 7.21. The summed E-state index contributed by atoms with van der Waals surface area (Å²) in [7, 11) is 3.88. The highest BCUT2D eigenvalue weighted by atomic mass is 16.2. The van der Waals surface area contributed by atoms with Gasteiger partial charge in [-0.2, -0.15) is 0 Å². The van der Waals surface area contributed by atoms with Gasteiger partial charge in [0.05, 0.1) is 0 Å². The van der Waals surface area contributed by atoms with Gasteiger partial charge in [-0.1, -0.05) is 39.8 Å². The van der Waals surface area contributed by atoms with Crippen molar-refractivity contribution in [1.29, 1.82) is 0 Å². The molecule has 5 heteroatoms. The lowest BCUT2D eigenvalue weighted by Gasteiger charge is -2.36. The summed E-state index contributed by atoms with van der Waals surface area (Å²) >= 11 is 0. The van der Waals surface area contributed by atoms with Crippen LogP contribution in [0.5, 0.6) is 0 Å². The minimum absolute atomic E-state index is 0.0776. The highest BCUT2D eigenvalue weighted by Gasteiger charge is 2.35. The fourth-order valence-electron chi connectivity index (χ4n) is 2.03. The summed E-state index contributed by atoms with van der Waals surface area (Å²) in [6.45, 7) is 11.1. The van der Waals surface area contributed by atoms with E-state index in [2.05, 4.69) is 38.0 Å². The first-order valence-corrected chi connectivity index (χ1v) is 7.90. The number of ketones is 1. The van der Waals surface area contributed by atoms with Crippen molar-refractivity contribution in [3.05, 3.63) is 23.4 Å². The topological polar surface area (TPSA) is 61.8 Å². The zero-order valence-electron chi connectivity index (χ0n) is 15.4. The maximum atomic E-state index is 12.4. The first kappa shape index (κ1) is 19.3. The van der Waals surface area contributed by atoms with Gasteiger partial charge in [-0.25, -0.2) is 0 Å². The number of allylic oxidation sites excluding steroid dienone is 3. The van der Waals surface area contributed by atoms with Crippen molar-refractivity contribution in [3.8, 4) is 0 Å². The van der Waals surface area contributed by atoms with Crippen molar-refractivity contribution in [3.63, 3.8) is 0 Å². The molecule has 0 fully saturated rings. The van der Waals surface area contributed by atoms with E-state index >= 15 is 0 Å². The number of hydrogen-bond donors (Lipinski definition) is 1. The van der Waals surface area contributed by atoms with Crippen molar-refractivity contribution in [2.75, 3.05) is 27.2 Å². The molecule has 0 aromatic carbocycles. The number of likely N-dealkylation sites (N-methyl/N-ethyl adjacent to an activating group) is 1. The number of nitrogens with one attached hydrogen (secondary N) is 1. The minimum atomic E-state index is -0.334. The average molecular weight is 319 g/mol. The summed E-state index contributed by atoms with van der Waals surface area (Å²) in [6.07, 6.45) is 5.48. The maximum absolute atomic E-state index is 12.4. The Morgan fingerprint density at radius 3 is 2.39 bits per heavy atom. The van der Waals surface area contributed by atoms with Gasteiger partial charge in [-0.05, 0) is 26.4 Å². The molecule has 1 amide bonds. The molecule has 1 atom stereocenters. The lowest BCUT2D eigenvalue weighted by atomic mass is 9.68. The van der Waals surface area contributed by atoms with Gasteiger partial charge < -0.3 is 10.2 Å². The molecule has 0 saturated carbocycles. The van der Waals surface area contributed by atoms with E-state index in [1.165, 1.54) is 6.92 Å². The van der Waals surface area contributed by atoms with Crippen LogP contribution in [0.1, 0.15) is 34.6 Å². The van der Waals surface area contributed by atoms with Crippen LogP contribution in [-0.2, 0) is 9.59 Å². The molecule has 0 spiro atoms. The molecular formula is C18H29N3O2. The Labute approximate surface area is 139 Å². The van der Waals surface area contributed by atoms with Gasteiger partial charge in [-0.15, -0.1) is 0 Å². The summed E-state index contributed by atoms with van der Waals surface area (Å²) in [5, 5.41) is 2.82. The van der Waals surface area contributed by atoms with Gasteiger partial charge in [-0.3, -0.25) is 14.6 Å². The predicted molar refractivity (Wildman–Crippen MR) is 94.5 cm³/mol. The molecule has 1 aliphatic rings. The monoisotopic (exact) mass is 319 g/mol. The standard InChI is InChI=1S/C18H29N3O2/c1-13(22)14-8-9-18(5,17(2,3)4)12-20-15(14)16(23)19-10-11-21(6)7/h8-9,12H,10-11H2,1-7H3,(H,19,23). The Balaban J connectivity index is 3.11. The summed E-state index contributed by atoms with van der Waals surface area (Å²) in [5.41, 5.74) is 0.141. The molecular weight excluding hydrogens is 290 g/mol. The third-order valence-corrected chi connectivity index (χ3v) is 4.37. The molecule has 23 heavy (non-hydrogen) atoms. The van der Waals surface area contributed by atoms with Crippen LogP contribution in [0.25, 0.3) is 0 Å². The van der Waals surface area contributed by atoms with Gasteiger partial charge in [0.25, 0.3) is 5.91 Å². The maximum Gasteiger partial charge on any atom is 0.270 e. The largest absolute Gasteiger partial charge is 0.349 e. The fourth-order valence-corrected chi connectivity index (χ4v) is 2.03. The van der Waals surface area contributed by atoms with Gasteiger partial charge >= 0.3 is 0 Å². The molecule has 1 rings (SSSR count). The second-order valence-corrected chi connectivity index (χ2v) is 7.50. The number of amides is 1. The van der Waals surface area contributed by atoms with E-state index in [4.69, 9.17) is 0 Å². The number of rotatable bonds is 5. The zero-order valence-corrected chi connectivity index (χ0v) is 15.4. The van der Waals surface area contributed by atoms with Crippen LogP contribution in [0, 0.1) is 10.8 Å². The number of nitrogens with zero attached hydrogens (tertiary/aromatic N) is 2. The van der Waals surface area contributed by atoms with E-state index in [1.807, 2.05) is 25.1 Å². The molecule has 1 heterocycles. The van der Waals surface area contributed by atoms with Crippen LogP contribution >= 0.6 is 0 Å². The third-order valence-electron chi connectivity index (χ3n) is 4.37. The van der Waals surface area contributed by atoms with E-state index < -0.39 is 0 Å². The predicted octanol–water partition coefficient (Wildman–Crippen LogP) is 2.20. The third kappa shape index (κ3) is 4.86. The minimum Gasteiger partial charge on any atom is -0.349 e. The first-order valence-electron chi connectivity index (χ1n) is 7.90. The summed E-state index contributed by atoms with van der Waals surface area (Å²) in [5.74, 6) is -0.467. The highest BCUT2D eigenvalue weighted by Crippen LogP contribution is 2.39. The summed E-state index contributed by atoms with van der Waals surface area (Å²) < 4.78 is 0. The van der Waals surface area contributed by atoms with E-state index in [-0.39, 0.29) is 28.2 Å². The lowest BCUT2D eigenvalue weighted by Crippen LogP contribution is -2.33. The Kier molecular flexibility index (Phi) is 6.05. The van der Waals surface area contributed by atoms with E-state index in [0.29, 0.717) is 12.1 Å². The quantitative estimate of drug-likeness (QED) is 0.845. The molecule has 1 aliphatic heterocycles. The Hall–Kier alpha value is -1.75. The zero-order chi connectivity index (χ0) is 17.8. The number of carbonyl (C=O) groups is 2. The van der Waals surface area contributed by atoms with Crippen molar-refractivity contribution >= 4 is 17.9 Å². The highest BCUT2D eigenvalue weighted by molar-refractivity contribution is 6.07. The van der Waals surface area contributed by atoms with Gasteiger partial charge in [0.2, 0.25) is 0 Å². The van der Waals surface area contributed by atoms with Gasteiger partial charge in [0, 0.05) is 30.3 Å². The number of aliphatic imine (C=N–C) groups is 1. The summed E-state index contributed by atoms with van der Waals surface area (Å²) in [6, 6.07) is 0. The average Bonchev–Trinajstić information content (AvgIpc) is 2.57. The Morgan fingerprint density at radius 2 is 1.91 bits per heavy atom. The van der Waals surface area contributed by atoms with Crippen LogP contribution in [-0.4, -0.2) is 50.0 Å². The molecule has 5 nitrogen and oxygen atoms in total. The van der Waals surface area contributed by atoms with Crippen LogP contribution in [0.3, 0.4) is 0 Å². The molecule has 128 valence electrons. The van der Waals surface area contributed by atoms with Crippen LogP contribution in [0.15, 0.2) is 28.4 Å². The van der Waals surface area contributed by atoms with Crippen molar-refractivity contribution in [1.82, 2.24) is 10.2 Å². The molecule has 0 aromatic rings. The molecule has 0 bridgehead atoms. The molecule has 0 aliphatic carbocycles. The SMILES string of the molecule is CC(=O)C1=C(C(=O)NCCN(C)C)N=CC(C)(C(C)(C)C)C=C1. The van der Waals surface area contributed by atoms with Crippen LogP contribution in [0.4, 0.5) is 0 Å². The van der Waals surface area contributed by atoms with E-state index in [0.717, 1.165) is 6.54 Å². The molecule has 0 radical (unpaired) electrons. The van der Waals surface area contributed by atoms with E-state index in [9.17, 15) is 9.59 Å².